The molecule has 1 N–H and O–H groups in total. The van der Waals surface area contributed by atoms with Gasteiger partial charge in [-0.1, -0.05) is 28.9 Å². The van der Waals surface area contributed by atoms with Gasteiger partial charge in [-0.3, -0.25) is 0 Å². The normalized spacial score (nSPS) is 10.5. The van der Waals surface area contributed by atoms with Gasteiger partial charge in [-0.2, -0.15) is 0 Å². The predicted molar refractivity (Wildman–Crippen MR) is 63.1 cm³/mol. The average Bonchev–Trinajstić information content (AvgIpc) is 2.64. The molecule has 4 nitrogen and oxygen atoms in total. The summed E-state index contributed by atoms with van der Waals surface area (Å²) >= 11 is 0. The minimum atomic E-state index is -1.07. The largest absolute Gasteiger partial charge is 0.476 e. The smallest absolute Gasteiger partial charge is 0.358 e. The Kier molecular flexibility index (Phi) is 2.71. The molecule has 88 valence electrons. The lowest BCUT2D eigenvalue weighted by Crippen LogP contribution is -2.00. The van der Waals surface area contributed by atoms with Gasteiger partial charge in [-0.25, -0.2) is 4.79 Å². The maximum absolute atomic E-state index is 11.1. The fourth-order valence-corrected chi connectivity index (χ4v) is 1.84. The first-order valence-corrected chi connectivity index (χ1v) is 5.28. The van der Waals surface area contributed by atoms with Gasteiger partial charge >= 0.3 is 5.97 Å². The summed E-state index contributed by atoms with van der Waals surface area (Å²) < 4.78 is 4.98. The van der Waals surface area contributed by atoms with Crippen LogP contribution in [0, 0.1) is 20.8 Å². The summed E-state index contributed by atoms with van der Waals surface area (Å²) in [5.74, 6) is -0.547. The molecule has 0 aliphatic rings. The summed E-state index contributed by atoms with van der Waals surface area (Å²) in [6.45, 7) is 5.62. The maximum Gasteiger partial charge on any atom is 0.358 e. The Bertz CT molecular complexity index is 584. The van der Waals surface area contributed by atoms with E-state index in [1.807, 2.05) is 32.0 Å². The molecular formula is C13H13NO3. The highest BCUT2D eigenvalue weighted by Gasteiger charge is 2.21. The minimum Gasteiger partial charge on any atom is -0.476 e. The third-order valence-corrected chi connectivity index (χ3v) is 2.73. The zero-order chi connectivity index (χ0) is 12.6. The third kappa shape index (κ3) is 1.93. The van der Waals surface area contributed by atoms with Crippen LogP contribution in [0.1, 0.15) is 27.4 Å². The van der Waals surface area contributed by atoms with Crippen LogP contribution in [0.2, 0.25) is 0 Å². The molecule has 0 saturated carbocycles. The van der Waals surface area contributed by atoms with Gasteiger partial charge in [0.25, 0.3) is 0 Å². The van der Waals surface area contributed by atoms with E-state index in [-0.39, 0.29) is 5.69 Å². The molecule has 0 bridgehead atoms. The van der Waals surface area contributed by atoms with E-state index in [0.29, 0.717) is 11.3 Å². The van der Waals surface area contributed by atoms with Crippen molar-refractivity contribution in [3.05, 3.63) is 40.8 Å². The van der Waals surface area contributed by atoms with Crippen molar-refractivity contribution < 1.29 is 14.4 Å². The molecule has 2 rings (SSSR count). The number of hydrogen-bond donors (Lipinski definition) is 1. The first-order chi connectivity index (χ1) is 8.00. The highest BCUT2D eigenvalue weighted by Crippen LogP contribution is 2.30. The van der Waals surface area contributed by atoms with E-state index in [4.69, 9.17) is 9.63 Å². The number of aryl methyl sites for hydroxylation is 3. The number of carbonyl (C=O) groups is 1. The molecule has 0 radical (unpaired) electrons. The van der Waals surface area contributed by atoms with Gasteiger partial charge in [0.1, 0.15) is 5.76 Å². The Labute approximate surface area is 98.9 Å². The lowest BCUT2D eigenvalue weighted by atomic mass is 9.97. The predicted octanol–water partition coefficient (Wildman–Crippen LogP) is 2.97. The Morgan fingerprint density at radius 3 is 2.65 bits per heavy atom. The van der Waals surface area contributed by atoms with Crippen molar-refractivity contribution >= 4 is 5.97 Å². The van der Waals surface area contributed by atoms with E-state index in [1.165, 1.54) is 0 Å². The van der Waals surface area contributed by atoms with Crippen molar-refractivity contribution in [3.8, 4) is 11.1 Å². The molecule has 4 heteroatoms. The summed E-state index contributed by atoms with van der Waals surface area (Å²) in [4.78, 5) is 11.1. The summed E-state index contributed by atoms with van der Waals surface area (Å²) in [5.41, 5.74) is 3.47. The molecular weight excluding hydrogens is 218 g/mol. The Balaban J connectivity index is 2.71. The molecule has 0 aliphatic carbocycles. The molecule has 1 aromatic carbocycles. The van der Waals surface area contributed by atoms with Crippen LogP contribution in [-0.4, -0.2) is 16.2 Å². The molecule has 0 amide bonds. The number of benzene rings is 1. The molecule has 0 unspecified atom stereocenters. The molecule has 0 spiro atoms. The van der Waals surface area contributed by atoms with E-state index in [1.54, 1.807) is 6.92 Å². The highest BCUT2D eigenvalue weighted by molar-refractivity contribution is 5.95. The van der Waals surface area contributed by atoms with Crippen molar-refractivity contribution in [2.24, 2.45) is 0 Å². The number of nitrogens with zero attached hydrogens (tertiary/aromatic N) is 1. The number of carboxylic acid groups (broad SMARTS) is 1. The van der Waals surface area contributed by atoms with E-state index in [9.17, 15) is 4.79 Å². The Morgan fingerprint density at radius 1 is 1.29 bits per heavy atom. The van der Waals surface area contributed by atoms with Crippen LogP contribution in [-0.2, 0) is 0 Å². The molecule has 0 atom stereocenters. The van der Waals surface area contributed by atoms with E-state index in [2.05, 4.69) is 5.16 Å². The first kappa shape index (κ1) is 11.4. The van der Waals surface area contributed by atoms with Crippen LogP contribution in [0.15, 0.2) is 22.7 Å². The quantitative estimate of drug-likeness (QED) is 0.863. The monoisotopic (exact) mass is 231 g/mol. The van der Waals surface area contributed by atoms with Crippen molar-refractivity contribution in [2.45, 2.75) is 20.8 Å². The number of carboxylic acids is 1. The molecule has 1 aromatic heterocycles. The highest BCUT2D eigenvalue weighted by atomic mass is 16.5. The topological polar surface area (TPSA) is 63.3 Å². The minimum absolute atomic E-state index is 0.0313. The Hall–Kier alpha value is -2.10. The summed E-state index contributed by atoms with van der Waals surface area (Å²) in [7, 11) is 0. The van der Waals surface area contributed by atoms with Crippen LogP contribution in [0.3, 0.4) is 0 Å². The van der Waals surface area contributed by atoms with E-state index in [0.717, 1.165) is 16.7 Å². The fraction of sp³-hybridized carbons (Fsp3) is 0.231. The third-order valence-electron chi connectivity index (χ3n) is 2.73. The van der Waals surface area contributed by atoms with Gasteiger partial charge in [-0.15, -0.1) is 0 Å². The zero-order valence-corrected chi connectivity index (χ0v) is 9.94. The van der Waals surface area contributed by atoms with Gasteiger partial charge in [-0.05, 0) is 31.9 Å². The zero-order valence-electron chi connectivity index (χ0n) is 9.94. The lowest BCUT2D eigenvalue weighted by molar-refractivity contribution is 0.0686. The van der Waals surface area contributed by atoms with Crippen LogP contribution in [0.5, 0.6) is 0 Å². The average molecular weight is 231 g/mol. The summed E-state index contributed by atoms with van der Waals surface area (Å²) in [6.07, 6.45) is 0. The number of aromatic nitrogens is 1. The number of aromatic carboxylic acids is 1. The van der Waals surface area contributed by atoms with Crippen LogP contribution < -0.4 is 0 Å². The van der Waals surface area contributed by atoms with Crippen molar-refractivity contribution in [1.82, 2.24) is 5.16 Å². The number of rotatable bonds is 2. The molecule has 1 heterocycles. The first-order valence-electron chi connectivity index (χ1n) is 5.28. The maximum atomic E-state index is 11.1. The molecule has 0 aliphatic heterocycles. The van der Waals surface area contributed by atoms with Crippen molar-refractivity contribution in [1.29, 1.82) is 0 Å². The van der Waals surface area contributed by atoms with Gasteiger partial charge in [0, 0.05) is 0 Å². The van der Waals surface area contributed by atoms with Crippen LogP contribution >= 0.6 is 0 Å². The van der Waals surface area contributed by atoms with Crippen LogP contribution in [0.25, 0.3) is 11.1 Å². The molecule has 17 heavy (non-hydrogen) atoms. The van der Waals surface area contributed by atoms with E-state index >= 15 is 0 Å². The van der Waals surface area contributed by atoms with E-state index < -0.39 is 5.97 Å². The van der Waals surface area contributed by atoms with Gasteiger partial charge in [0.05, 0.1) is 5.56 Å². The molecule has 2 aromatic rings. The fourth-order valence-electron chi connectivity index (χ4n) is 1.84. The van der Waals surface area contributed by atoms with Gasteiger partial charge < -0.3 is 9.63 Å². The standard InChI is InChI=1S/C13H13NO3/c1-7-4-5-8(2)10(6-7)11-9(3)17-14-12(11)13(15)16/h4-6H,1-3H3,(H,15,16). The van der Waals surface area contributed by atoms with Crippen molar-refractivity contribution in [3.63, 3.8) is 0 Å². The number of hydrogen-bond acceptors (Lipinski definition) is 3. The SMILES string of the molecule is Cc1ccc(C)c(-c2c(C(=O)O)noc2C)c1. The second-order valence-corrected chi connectivity index (χ2v) is 4.09. The molecule has 0 fully saturated rings. The molecule has 0 saturated heterocycles. The van der Waals surface area contributed by atoms with Crippen LogP contribution in [0.4, 0.5) is 0 Å². The summed E-state index contributed by atoms with van der Waals surface area (Å²) in [5, 5.41) is 12.7. The second kappa shape index (κ2) is 4.05. The lowest BCUT2D eigenvalue weighted by Gasteiger charge is -2.06. The van der Waals surface area contributed by atoms with Crippen molar-refractivity contribution in [2.75, 3.05) is 0 Å². The van der Waals surface area contributed by atoms with Gasteiger partial charge in [0.15, 0.2) is 5.69 Å². The second-order valence-electron chi connectivity index (χ2n) is 4.09. The summed E-state index contributed by atoms with van der Waals surface area (Å²) in [6, 6.07) is 5.90. The van der Waals surface area contributed by atoms with Gasteiger partial charge in [0.2, 0.25) is 0 Å². The Morgan fingerprint density at radius 2 is 2.00 bits per heavy atom.